The molecule has 0 spiro atoms. The van der Waals surface area contributed by atoms with E-state index < -0.39 is 11.6 Å². The van der Waals surface area contributed by atoms with E-state index in [-0.39, 0.29) is 24.3 Å². The molecule has 1 atom stereocenters. The smallest absolute Gasteiger partial charge is 0.183 e. The molecule has 146 valence electrons. The van der Waals surface area contributed by atoms with Crippen molar-refractivity contribution < 1.29 is 13.9 Å². The average molecular weight is 385 g/mol. The number of anilines is 1. The van der Waals surface area contributed by atoms with Crippen LogP contribution in [0.3, 0.4) is 0 Å². The lowest BCUT2D eigenvalue weighted by molar-refractivity contribution is 0.157. The highest BCUT2D eigenvalue weighted by Gasteiger charge is 2.36. The number of halogens is 2. The van der Waals surface area contributed by atoms with Gasteiger partial charge in [0.05, 0.1) is 30.3 Å². The highest BCUT2D eigenvalue weighted by Crippen LogP contribution is 2.42. The number of fused-ring (bicyclic) bond motifs is 4. The van der Waals surface area contributed by atoms with Crippen molar-refractivity contribution in [2.75, 3.05) is 5.32 Å². The molecular formula is C20H21F2N5O. The largest absolute Gasteiger partial charge is 0.390 e. The van der Waals surface area contributed by atoms with Crippen LogP contribution in [0.2, 0.25) is 0 Å². The lowest BCUT2D eigenvalue weighted by Gasteiger charge is -2.42. The van der Waals surface area contributed by atoms with Crippen LogP contribution in [-0.2, 0) is 6.61 Å². The number of aliphatic hydroxyl groups is 1. The highest BCUT2D eigenvalue weighted by atomic mass is 19.1. The second-order valence-corrected chi connectivity index (χ2v) is 7.84. The van der Waals surface area contributed by atoms with Gasteiger partial charge in [0.2, 0.25) is 0 Å². The Morgan fingerprint density at radius 2 is 1.96 bits per heavy atom. The van der Waals surface area contributed by atoms with Gasteiger partial charge in [0, 0.05) is 11.4 Å². The van der Waals surface area contributed by atoms with E-state index in [4.69, 9.17) is 0 Å². The molecule has 3 heterocycles. The van der Waals surface area contributed by atoms with Gasteiger partial charge in [-0.1, -0.05) is 12.8 Å². The molecule has 3 saturated carbocycles. The third kappa shape index (κ3) is 2.92. The summed E-state index contributed by atoms with van der Waals surface area (Å²) < 4.78 is 28.2. The van der Waals surface area contributed by atoms with Gasteiger partial charge in [-0.15, -0.1) is 0 Å². The minimum absolute atomic E-state index is 0.158. The van der Waals surface area contributed by atoms with E-state index in [0.29, 0.717) is 34.1 Å². The van der Waals surface area contributed by atoms with E-state index in [0.717, 1.165) is 18.8 Å². The first-order chi connectivity index (χ1) is 13.6. The Kier molecular flexibility index (Phi) is 4.23. The summed E-state index contributed by atoms with van der Waals surface area (Å²) in [6.07, 6.45) is 8.11. The molecule has 0 amide bonds. The van der Waals surface area contributed by atoms with Crippen molar-refractivity contribution in [2.45, 2.75) is 44.8 Å². The summed E-state index contributed by atoms with van der Waals surface area (Å²) in [4.78, 5) is 15.5. The SMILES string of the molecule is OCc1[nH]c2ncc(F)cc2c1-c1ncc(F)c(NC2CC3CCC2CC3)n1. The van der Waals surface area contributed by atoms with Gasteiger partial charge < -0.3 is 15.4 Å². The van der Waals surface area contributed by atoms with Crippen LogP contribution >= 0.6 is 0 Å². The van der Waals surface area contributed by atoms with Crippen LogP contribution in [0.1, 0.15) is 37.8 Å². The Morgan fingerprint density at radius 3 is 2.68 bits per heavy atom. The molecule has 0 saturated heterocycles. The number of hydrogen-bond donors (Lipinski definition) is 3. The number of aromatic nitrogens is 4. The quantitative estimate of drug-likeness (QED) is 0.636. The lowest BCUT2D eigenvalue weighted by atomic mass is 9.68. The summed E-state index contributed by atoms with van der Waals surface area (Å²) >= 11 is 0. The molecule has 0 aromatic carbocycles. The molecule has 28 heavy (non-hydrogen) atoms. The second-order valence-electron chi connectivity index (χ2n) is 7.84. The summed E-state index contributed by atoms with van der Waals surface area (Å²) in [6.45, 7) is -0.316. The number of aromatic amines is 1. The fourth-order valence-electron chi connectivity index (χ4n) is 4.79. The molecule has 3 N–H and O–H groups in total. The van der Waals surface area contributed by atoms with Crippen molar-refractivity contribution in [3.63, 3.8) is 0 Å². The summed E-state index contributed by atoms with van der Waals surface area (Å²) in [5.41, 5.74) is 1.28. The number of rotatable bonds is 4. The van der Waals surface area contributed by atoms with Gasteiger partial charge >= 0.3 is 0 Å². The second kappa shape index (κ2) is 6.77. The Bertz CT molecular complexity index is 1030. The van der Waals surface area contributed by atoms with Crippen molar-refractivity contribution in [2.24, 2.45) is 11.8 Å². The first kappa shape index (κ1) is 17.5. The molecule has 3 aromatic heterocycles. The average Bonchev–Trinajstić information content (AvgIpc) is 3.08. The van der Waals surface area contributed by atoms with Crippen molar-refractivity contribution in [1.29, 1.82) is 0 Å². The summed E-state index contributed by atoms with van der Waals surface area (Å²) in [5.74, 6) is 0.617. The van der Waals surface area contributed by atoms with Gasteiger partial charge in [-0.05, 0) is 37.2 Å². The molecule has 6 rings (SSSR count). The first-order valence-electron chi connectivity index (χ1n) is 9.68. The monoisotopic (exact) mass is 385 g/mol. The zero-order chi connectivity index (χ0) is 19.3. The highest BCUT2D eigenvalue weighted by molar-refractivity contribution is 5.93. The maximum atomic E-state index is 14.5. The van der Waals surface area contributed by atoms with Crippen LogP contribution in [0.5, 0.6) is 0 Å². The number of H-pyrrole nitrogens is 1. The van der Waals surface area contributed by atoms with Gasteiger partial charge in [0.1, 0.15) is 11.5 Å². The molecule has 3 fully saturated rings. The van der Waals surface area contributed by atoms with Crippen LogP contribution in [0, 0.1) is 23.5 Å². The third-order valence-electron chi connectivity index (χ3n) is 6.19. The molecule has 2 bridgehead atoms. The number of nitrogens with one attached hydrogen (secondary N) is 2. The fraction of sp³-hybridized carbons (Fsp3) is 0.450. The van der Waals surface area contributed by atoms with E-state index in [9.17, 15) is 13.9 Å². The summed E-state index contributed by atoms with van der Waals surface area (Å²) in [5, 5.41) is 13.5. The maximum absolute atomic E-state index is 14.5. The van der Waals surface area contributed by atoms with E-state index in [1.165, 1.54) is 31.7 Å². The molecule has 3 aromatic rings. The van der Waals surface area contributed by atoms with Crippen LogP contribution in [-0.4, -0.2) is 31.1 Å². The fourth-order valence-corrected chi connectivity index (χ4v) is 4.79. The minimum Gasteiger partial charge on any atom is -0.390 e. The van der Waals surface area contributed by atoms with E-state index in [1.54, 1.807) is 0 Å². The maximum Gasteiger partial charge on any atom is 0.183 e. The first-order valence-corrected chi connectivity index (χ1v) is 9.68. The lowest BCUT2D eigenvalue weighted by Crippen LogP contribution is -2.40. The third-order valence-corrected chi connectivity index (χ3v) is 6.19. The van der Waals surface area contributed by atoms with Crippen LogP contribution in [0.4, 0.5) is 14.6 Å². The normalized spacial score (nSPS) is 24.0. The van der Waals surface area contributed by atoms with Gasteiger partial charge in [0.25, 0.3) is 0 Å². The molecule has 3 aliphatic carbocycles. The Hall–Kier alpha value is -2.61. The van der Waals surface area contributed by atoms with Crippen LogP contribution in [0.15, 0.2) is 18.5 Å². The predicted molar refractivity (Wildman–Crippen MR) is 100 cm³/mol. The van der Waals surface area contributed by atoms with Gasteiger partial charge in [0.15, 0.2) is 17.5 Å². The Balaban J connectivity index is 1.54. The van der Waals surface area contributed by atoms with E-state index in [2.05, 4.69) is 25.3 Å². The van der Waals surface area contributed by atoms with Crippen molar-refractivity contribution in [3.8, 4) is 11.4 Å². The number of hydrogen-bond acceptors (Lipinski definition) is 5. The predicted octanol–water partition coefficient (Wildman–Crippen LogP) is 3.78. The van der Waals surface area contributed by atoms with E-state index >= 15 is 0 Å². The van der Waals surface area contributed by atoms with Crippen molar-refractivity contribution in [1.82, 2.24) is 19.9 Å². The standard InChI is InChI=1S/C20H21F2N5O/c21-12-6-13-17(16(9-28)26-18(13)23-7-12)20-24-8-14(22)19(27-20)25-15-5-10-1-3-11(15)4-2-10/h6-8,10-11,15,28H,1-5,9H2,(H,23,26)(H,24,25,27). The molecular weight excluding hydrogens is 364 g/mol. The zero-order valence-electron chi connectivity index (χ0n) is 15.3. The molecule has 0 radical (unpaired) electrons. The zero-order valence-corrected chi connectivity index (χ0v) is 15.3. The molecule has 0 aliphatic heterocycles. The molecule has 1 unspecified atom stereocenters. The Labute approximate surface area is 160 Å². The van der Waals surface area contributed by atoms with Crippen molar-refractivity contribution >= 4 is 16.9 Å². The van der Waals surface area contributed by atoms with Crippen LogP contribution < -0.4 is 5.32 Å². The number of pyridine rings is 1. The molecule has 3 aliphatic rings. The summed E-state index contributed by atoms with van der Waals surface area (Å²) in [7, 11) is 0. The molecule has 6 nitrogen and oxygen atoms in total. The molecule has 8 heteroatoms. The Morgan fingerprint density at radius 1 is 1.14 bits per heavy atom. The van der Waals surface area contributed by atoms with Crippen molar-refractivity contribution in [3.05, 3.63) is 35.8 Å². The topological polar surface area (TPSA) is 86.7 Å². The number of nitrogens with zero attached hydrogens (tertiary/aromatic N) is 3. The van der Waals surface area contributed by atoms with Crippen LogP contribution in [0.25, 0.3) is 22.4 Å². The minimum atomic E-state index is -0.514. The summed E-state index contributed by atoms with van der Waals surface area (Å²) in [6, 6.07) is 1.52. The van der Waals surface area contributed by atoms with Gasteiger partial charge in [-0.25, -0.2) is 23.7 Å². The number of aliphatic hydroxyl groups excluding tert-OH is 1. The van der Waals surface area contributed by atoms with Gasteiger partial charge in [-0.2, -0.15) is 0 Å². The van der Waals surface area contributed by atoms with E-state index in [1.807, 2.05) is 0 Å². The van der Waals surface area contributed by atoms with Gasteiger partial charge in [-0.3, -0.25) is 0 Å².